The summed E-state index contributed by atoms with van der Waals surface area (Å²) in [7, 11) is 0. The lowest BCUT2D eigenvalue weighted by molar-refractivity contribution is -0.139. The van der Waals surface area contributed by atoms with Crippen molar-refractivity contribution in [3.05, 3.63) is 120 Å². The van der Waals surface area contributed by atoms with E-state index >= 15 is 0 Å². The number of aromatic nitrogens is 1. The van der Waals surface area contributed by atoms with Crippen LogP contribution in [-0.2, 0) is 9.53 Å². The van der Waals surface area contributed by atoms with E-state index in [1.165, 1.54) is 15.9 Å². The van der Waals surface area contributed by atoms with E-state index in [0.29, 0.717) is 31.6 Å². The number of nitrogens with zero attached hydrogens (tertiary/aromatic N) is 2. The summed E-state index contributed by atoms with van der Waals surface area (Å²) in [6.45, 7) is 3.75. The minimum atomic E-state index is -0.823. The van der Waals surface area contributed by atoms with Crippen molar-refractivity contribution >= 4 is 40.7 Å². The Balaban J connectivity index is 1.83. The number of carbonyl (C=O) groups excluding carboxylic acids is 1. The number of ether oxygens (including phenoxy) is 1. The first-order valence-corrected chi connectivity index (χ1v) is 12.3. The summed E-state index contributed by atoms with van der Waals surface area (Å²) in [5.74, 6) is 0.588. The summed E-state index contributed by atoms with van der Waals surface area (Å²) in [5, 5.41) is 0.575. The summed E-state index contributed by atoms with van der Waals surface area (Å²) in [5.41, 5.74) is 1.98. The molecule has 176 valence electrons. The van der Waals surface area contributed by atoms with Crippen LogP contribution in [0.5, 0.6) is 0 Å². The van der Waals surface area contributed by atoms with Crippen molar-refractivity contribution < 1.29 is 13.9 Å². The van der Waals surface area contributed by atoms with Crippen molar-refractivity contribution in [1.82, 2.24) is 4.57 Å². The van der Waals surface area contributed by atoms with Crippen LogP contribution < -0.4 is 14.9 Å². The van der Waals surface area contributed by atoms with Gasteiger partial charge in [0.2, 0.25) is 0 Å². The van der Waals surface area contributed by atoms with Gasteiger partial charge in [0.25, 0.3) is 5.56 Å². The number of hydrogen-bond donors (Lipinski definition) is 0. The van der Waals surface area contributed by atoms with Gasteiger partial charge in [0.05, 0.1) is 22.4 Å². The van der Waals surface area contributed by atoms with Crippen molar-refractivity contribution in [3.8, 4) is 0 Å². The topological polar surface area (TPSA) is 73.8 Å². The highest BCUT2D eigenvalue weighted by molar-refractivity contribution is 7.07. The van der Waals surface area contributed by atoms with Crippen LogP contribution in [0.1, 0.15) is 35.6 Å². The molecule has 1 atom stereocenters. The van der Waals surface area contributed by atoms with Gasteiger partial charge in [-0.05, 0) is 49.8 Å². The van der Waals surface area contributed by atoms with Crippen LogP contribution in [-0.4, -0.2) is 17.1 Å². The molecule has 0 N–H and O–H groups in total. The van der Waals surface area contributed by atoms with Crippen molar-refractivity contribution in [2.24, 2.45) is 4.99 Å². The molecule has 5 rings (SSSR count). The smallest absolute Gasteiger partial charge is 0.338 e. The van der Waals surface area contributed by atoms with Crippen LogP contribution in [0, 0.1) is 6.92 Å². The molecule has 4 aromatic rings. The summed E-state index contributed by atoms with van der Waals surface area (Å²) >= 11 is 7.39. The molecule has 1 aliphatic rings. The molecule has 1 unspecified atom stereocenters. The van der Waals surface area contributed by atoms with Gasteiger partial charge >= 0.3 is 5.97 Å². The van der Waals surface area contributed by atoms with E-state index in [1.807, 2.05) is 55.5 Å². The molecule has 0 radical (unpaired) electrons. The molecule has 1 aliphatic heterocycles. The second-order valence-corrected chi connectivity index (χ2v) is 9.38. The Hall–Kier alpha value is -3.68. The van der Waals surface area contributed by atoms with Crippen LogP contribution in [0.25, 0.3) is 11.8 Å². The second kappa shape index (κ2) is 9.52. The van der Waals surface area contributed by atoms with E-state index in [1.54, 1.807) is 31.2 Å². The Morgan fingerprint density at radius 3 is 2.66 bits per heavy atom. The molecule has 0 saturated heterocycles. The molecular formula is C27H21ClN2O4S. The van der Waals surface area contributed by atoms with E-state index in [9.17, 15) is 9.59 Å². The molecule has 0 spiro atoms. The van der Waals surface area contributed by atoms with Crippen LogP contribution in [0.4, 0.5) is 0 Å². The minimum Gasteiger partial charge on any atom is -0.464 e. The summed E-state index contributed by atoms with van der Waals surface area (Å²) in [4.78, 5) is 32.3. The zero-order valence-corrected chi connectivity index (χ0v) is 20.6. The number of thiazole rings is 1. The highest BCUT2D eigenvalue weighted by Crippen LogP contribution is 2.35. The molecule has 2 aromatic carbocycles. The third kappa shape index (κ3) is 4.40. The fourth-order valence-corrected chi connectivity index (χ4v) is 5.26. The van der Waals surface area contributed by atoms with E-state index in [-0.39, 0.29) is 17.7 Å². The Labute approximate surface area is 210 Å². The lowest BCUT2D eigenvalue weighted by Crippen LogP contribution is -2.39. The maximum Gasteiger partial charge on any atom is 0.338 e. The largest absolute Gasteiger partial charge is 0.464 e. The van der Waals surface area contributed by atoms with Crippen molar-refractivity contribution in [2.45, 2.75) is 19.9 Å². The maximum atomic E-state index is 13.7. The van der Waals surface area contributed by atoms with Crippen LogP contribution in [0.3, 0.4) is 0 Å². The molecule has 8 heteroatoms. The highest BCUT2D eigenvalue weighted by Gasteiger charge is 2.36. The van der Waals surface area contributed by atoms with E-state index in [4.69, 9.17) is 25.7 Å². The quantitative estimate of drug-likeness (QED) is 0.375. The van der Waals surface area contributed by atoms with Gasteiger partial charge in [0, 0.05) is 10.6 Å². The van der Waals surface area contributed by atoms with Gasteiger partial charge in [-0.1, -0.05) is 65.4 Å². The van der Waals surface area contributed by atoms with Gasteiger partial charge in [-0.3, -0.25) is 9.36 Å². The third-order valence-corrected chi connectivity index (χ3v) is 6.77. The van der Waals surface area contributed by atoms with Crippen molar-refractivity contribution in [2.75, 3.05) is 6.61 Å². The molecule has 6 nitrogen and oxygen atoms in total. The van der Waals surface area contributed by atoms with Gasteiger partial charge in [-0.15, -0.1) is 0 Å². The molecule has 0 aliphatic carbocycles. The van der Waals surface area contributed by atoms with E-state index in [0.717, 1.165) is 11.1 Å². The van der Waals surface area contributed by atoms with Gasteiger partial charge in [0.15, 0.2) is 4.80 Å². The van der Waals surface area contributed by atoms with Crippen LogP contribution in [0.15, 0.2) is 86.5 Å². The molecule has 3 heterocycles. The van der Waals surface area contributed by atoms with Crippen molar-refractivity contribution in [1.29, 1.82) is 0 Å². The lowest BCUT2D eigenvalue weighted by Gasteiger charge is -2.24. The number of furan rings is 1. The number of hydrogen-bond acceptors (Lipinski definition) is 6. The predicted octanol–water partition coefficient (Wildman–Crippen LogP) is 4.49. The average molecular weight is 505 g/mol. The average Bonchev–Trinajstić information content (AvgIpc) is 3.41. The molecule has 0 bridgehead atoms. The van der Waals surface area contributed by atoms with E-state index in [2.05, 4.69) is 0 Å². The Morgan fingerprint density at radius 1 is 1.17 bits per heavy atom. The molecule has 0 fully saturated rings. The maximum absolute atomic E-state index is 13.7. The zero-order chi connectivity index (χ0) is 24.5. The Morgan fingerprint density at radius 2 is 1.97 bits per heavy atom. The van der Waals surface area contributed by atoms with Gasteiger partial charge < -0.3 is 9.15 Å². The first-order valence-electron chi connectivity index (χ1n) is 11.1. The lowest BCUT2D eigenvalue weighted by atomic mass is 9.97. The standard InChI is InChI=1S/C27H21ClN2O4S/c1-3-33-26(32)22-23(18-9-5-4-6-10-18)29-27-30(24(22)20-13-12-16(2)34-20)25(31)21(35-27)15-17-8-7-11-19(28)14-17/h4-15,24H,3H2,1-2H3. The highest BCUT2D eigenvalue weighted by atomic mass is 35.5. The number of fused-ring (bicyclic) bond motifs is 1. The number of carbonyl (C=O) groups is 1. The number of aryl methyl sites for hydroxylation is 1. The zero-order valence-electron chi connectivity index (χ0n) is 19.0. The molecule has 0 amide bonds. The summed E-state index contributed by atoms with van der Waals surface area (Å²) in [6.07, 6.45) is 1.77. The van der Waals surface area contributed by atoms with Gasteiger partial charge in [-0.25, -0.2) is 9.79 Å². The fourth-order valence-electron chi connectivity index (χ4n) is 4.06. The minimum absolute atomic E-state index is 0.188. The van der Waals surface area contributed by atoms with Crippen LogP contribution in [0.2, 0.25) is 5.02 Å². The Bertz CT molecular complexity index is 1630. The number of halogens is 1. The number of benzene rings is 2. The molecule has 0 saturated carbocycles. The molecule has 2 aromatic heterocycles. The summed E-state index contributed by atoms with van der Waals surface area (Å²) in [6, 6.07) is 19.4. The third-order valence-electron chi connectivity index (χ3n) is 5.55. The first-order chi connectivity index (χ1) is 17.0. The predicted molar refractivity (Wildman–Crippen MR) is 136 cm³/mol. The monoisotopic (exact) mass is 504 g/mol. The summed E-state index contributed by atoms with van der Waals surface area (Å²) < 4.78 is 13.4. The molecular weight excluding hydrogens is 484 g/mol. The second-order valence-electron chi connectivity index (χ2n) is 7.93. The number of esters is 1. The van der Waals surface area contributed by atoms with Gasteiger partial charge in [-0.2, -0.15) is 0 Å². The first kappa shape index (κ1) is 23.1. The Kier molecular flexibility index (Phi) is 6.28. The fraction of sp³-hybridized carbons (Fsp3) is 0.148. The SMILES string of the molecule is CCOC(=O)C1=C(c2ccccc2)N=c2sc(=Cc3cccc(Cl)c3)c(=O)n2C1c1ccc(C)o1. The van der Waals surface area contributed by atoms with Crippen molar-refractivity contribution in [3.63, 3.8) is 0 Å². The van der Waals surface area contributed by atoms with Gasteiger partial charge in [0.1, 0.15) is 17.6 Å². The number of rotatable bonds is 5. The molecule has 35 heavy (non-hydrogen) atoms. The van der Waals surface area contributed by atoms with E-state index < -0.39 is 12.0 Å². The van der Waals surface area contributed by atoms with Crippen LogP contribution >= 0.6 is 22.9 Å². The normalized spacial score (nSPS) is 15.6.